The number of nitrogens with zero attached hydrogens (tertiary/aromatic N) is 1. The molecule has 0 bridgehead atoms. The van der Waals surface area contributed by atoms with E-state index in [-0.39, 0.29) is 24.2 Å². The average molecular weight is 415 g/mol. The van der Waals surface area contributed by atoms with Crippen molar-refractivity contribution in [2.45, 2.75) is 38.1 Å². The molecule has 1 heterocycles. The average Bonchev–Trinajstić information content (AvgIpc) is 2.89. The lowest BCUT2D eigenvalue weighted by Crippen LogP contribution is -2.36. The van der Waals surface area contributed by atoms with E-state index < -0.39 is 6.04 Å². The van der Waals surface area contributed by atoms with Gasteiger partial charge in [0.25, 0.3) is 0 Å². The molecule has 1 aliphatic heterocycles. The Morgan fingerprint density at radius 3 is 2.19 bits per heavy atom. The van der Waals surface area contributed by atoms with Gasteiger partial charge in [0.2, 0.25) is 11.8 Å². The minimum atomic E-state index is -0.504. The highest BCUT2D eigenvalue weighted by molar-refractivity contribution is 7.98. The van der Waals surface area contributed by atoms with Crippen LogP contribution in [-0.4, -0.2) is 54.4 Å². The lowest BCUT2D eigenvalue weighted by molar-refractivity contribution is -0.118. The van der Waals surface area contributed by atoms with Gasteiger partial charge in [0, 0.05) is 11.4 Å². The van der Waals surface area contributed by atoms with Crippen molar-refractivity contribution in [3.05, 3.63) is 24.3 Å². The second-order valence-corrected chi connectivity index (χ2v) is 7.68. The number of likely N-dealkylation sites (tertiary alicyclic amines) is 1. The molecule has 4 N–H and O–H groups in total. The van der Waals surface area contributed by atoms with Gasteiger partial charge in [-0.15, -0.1) is 12.4 Å². The van der Waals surface area contributed by atoms with Crippen LogP contribution in [0.1, 0.15) is 32.1 Å². The van der Waals surface area contributed by atoms with Crippen LogP contribution in [0.4, 0.5) is 11.4 Å². The molecule has 1 saturated heterocycles. The van der Waals surface area contributed by atoms with Gasteiger partial charge in [-0.05, 0) is 68.6 Å². The van der Waals surface area contributed by atoms with Crippen LogP contribution in [0.15, 0.2) is 24.3 Å². The van der Waals surface area contributed by atoms with Crippen molar-refractivity contribution < 1.29 is 9.59 Å². The highest BCUT2D eigenvalue weighted by atomic mass is 35.5. The fourth-order valence-corrected chi connectivity index (χ4v) is 3.44. The van der Waals surface area contributed by atoms with Gasteiger partial charge < -0.3 is 16.4 Å². The highest BCUT2D eigenvalue weighted by Crippen LogP contribution is 2.15. The summed E-state index contributed by atoms with van der Waals surface area (Å²) >= 11 is 1.67. The Morgan fingerprint density at radius 1 is 1.07 bits per heavy atom. The lowest BCUT2D eigenvalue weighted by Gasteiger charge is -2.19. The van der Waals surface area contributed by atoms with E-state index in [9.17, 15) is 9.59 Å². The maximum Gasteiger partial charge on any atom is 0.241 e. The number of anilines is 2. The number of halogens is 1. The first-order chi connectivity index (χ1) is 12.6. The first kappa shape index (κ1) is 23.8. The quantitative estimate of drug-likeness (QED) is 0.608. The van der Waals surface area contributed by atoms with Gasteiger partial charge in [0.1, 0.15) is 0 Å². The number of nitrogens with two attached hydrogens (primary N) is 1. The van der Waals surface area contributed by atoms with E-state index in [1.165, 1.54) is 25.7 Å². The zero-order valence-electron chi connectivity index (χ0n) is 15.9. The van der Waals surface area contributed by atoms with Gasteiger partial charge in [0.05, 0.1) is 12.6 Å². The Morgan fingerprint density at radius 2 is 1.63 bits per heavy atom. The number of hydrogen-bond acceptors (Lipinski definition) is 5. The van der Waals surface area contributed by atoms with Crippen molar-refractivity contribution in [2.75, 3.05) is 42.3 Å². The number of rotatable bonds is 8. The molecule has 27 heavy (non-hydrogen) atoms. The van der Waals surface area contributed by atoms with E-state index in [0.717, 1.165) is 24.5 Å². The van der Waals surface area contributed by atoms with Gasteiger partial charge in [-0.3, -0.25) is 14.5 Å². The summed E-state index contributed by atoms with van der Waals surface area (Å²) in [6.45, 7) is 2.42. The number of nitrogens with one attached hydrogen (secondary N) is 2. The molecular formula is C19H31ClN4O2S. The Bertz CT molecular complexity index is 578. The zero-order valence-corrected chi connectivity index (χ0v) is 17.5. The molecule has 0 saturated carbocycles. The predicted octanol–water partition coefficient (Wildman–Crippen LogP) is 2.94. The first-order valence-corrected chi connectivity index (χ1v) is 10.7. The van der Waals surface area contributed by atoms with Crippen LogP contribution in [-0.2, 0) is 9.59 Å². The molecule has 0 radical (unpaired) electrons. The third-order valence-corrected chi connectivity index (χ3v) is 5.12. The number of thioether (sulfide) groups is 1. The second kappa shape index (κ2) is 13.0. The lowest BCUT2D eigenvalue weighted by atomic mass is 10.2. The number of carbonyl (C=O) groups excluding carboxylic acids is 2. The maximum atomic E-state index is 12.2. The largest absolute Gasteiger partial charge is 0.325 e. The summed E-state index contributed by atoms with van der Waals surface area (Å²) in [7, 11) is 0. The molecule has 1 aromatic carbocycles. The van der Waals surface area contributed by atoms with E-state index in [1.807, 2.05) is 6.26 Å². The summed E-state index contributed by atoms with van der Waals surface area (Å²) in [5.41, 5.74) is 7.27. The zero-order chi connectivity index (χ0) is 18.8. The SMILES string of the molecule is CSCC[C@H](N)C(=O)Nc1ccc(NC(=O)CN2CCCCCC2)cc1.Cl. The molecular weight excluding hydrogens is 384 g/mol. The number of amides is 2. The summed E-state index contributed by atoms with van der Waals surface area (Å²) in [6.07, 6.45) is 7.49. The monoisotopic (exact) mass is 414 g/mol. The van der Waals surface area contributed by atoms with E-state index in [1.54, 1.807) is 36.0 Å². The molecule has 2 amide bonds. The van der Waals surface area contributed by atoms with E-state index in [0.29, 0.717) is 18.7 Å². The Kier molecular flexibility index (Phi) is 11.4. The number of benzene rings is 1. The van der Waals surface area contributed by atoms with Crippen molar-refractivity contribution in [3.8, 4) is 0 Å². The van der Waals surface area contributed by atoms with Crippen molar-refractivity contribution in [1.29, 1.82) is 0 Å². The van der Waals surface area contributed by atoms with Gasteiger partial charge >= 0.3 is 0 Å². The Balaban J connectivity index is 0.00000364. The number of carbonyl (C=O) groups is 2. The van der Waals surface area contributed by atoms with Crippen LogP contribution in [0, 0.1) is 0 Å². The summed E-state index contributed by atoms with van der Waals surface area (Å²) in [5.74, 6) is 0.677. The molecule has 6 nitrogen and oxygen atoms in total. The fourth-order valence-electron chi connectivity index (χ4n) is 2.95. The molecule has 1 atom stereocenters. The molecule has 8 heteroatoms. The highest BCUT2D eigenvalue weighted by Gasteiger charge is 2.14. The minimum Gasteiger partial charge on any atom is -0.325 e. The van der Waals surface area contributed by atoms with Crippen LogP contribution in [0.5, 0.6) is 0 Å². The second-order valence-electron chi connectivity index (χ2n) is 6.69. The van der Waals surface area contributed by atoms with Crippen LogP contribution in [0.3, 0.4) is 0 Å². The summed E-state index contributed by atoms with van der Waals surface area (Å²) in [5, 5.41) is 5.73. The molecule has 0 unspecified atom stereocenters. The van der Waals surface area contributed by atoms with Crippen molar-refractivity contribution >= 4 is 47.4 Å². The van der Waals surface area contributed by atoms with Crippen LogP contribution >= 0.6 is 24.2 Å². The van der Waals surface area contributed by atoms with Crippen molar-refractivity contribution in [3.63, 3.8) is 0 Å². The van der Waals surface area contributed by atoms with Crippen LogP contribution in [0.25, 0.3) is 0 Å². The fraction of sp³-hybridized carbons (Fsp3) is 0.579. The molecule has 1 fully saturated rings. The third-order valence-electron chi connectivity index (χ3n) is 4.47. The molecule has 0 spiro atoms. The van der Waals surface area contributed by atoms with Gasteiger partial charge in [-0.2, -0.15) is 11.8 Å². The van der Waals surface area contributed by atoms with Crippen molar-refractivity contribution in [2.24, 2.45) is 5.73 Å². The van der Waals surface area contributed by atoms with Gasteiger partial charge in [-0.1, -0.05) is 12.8 Å². The van der Waals surface area contributed by atoms with E-state index in [4.69, 9.17) is 5.73 Å². The van der Waals surface area contributed by atoms with E-state index in [2.05, 4.69) is 15.5 Å². The maximum absolute atomic E-state index is 12.2. The minimum absolute atomic E-state index is 0. The predicted molar refractivity (Wildman–Crippen MR) is 117 cm³/mol. The topological polar surface area (TPSA) is 87.5 Å². The molecule has 2 rings (SSSR count). The molecule has 152 valence electrons. The number of hydrogen-bond donors (Lipinski definition) is 3. The van der Waals surface area contributed by atoms with Crippen molar-refractivity contribution in [1.82, 2.24) is 4.90 Å². The molecule has 0 aromatic heterocycles. The van der Waals surface area contributed by atoms with Gasteiger partial charge in [0.15, 0.2) is 0 Å². The molecule has 1 aliphatic rings. The van der Waals surface area contributed by atoms with Gasteiger partial charge in [-0.25, -0.2) is 0 Å². The normalized spacial score (nSPS) is 15.9. The van der Waals surface area contributed by atoms with E-state index >= 15 is 0 Å². The molecule has 1 aromatic rings. The standard InChI is InChI=1S/C19H30N4O2S.ClH/c1-26-13-10-17(20)19(25)22-16-8-6-15(7-9-16)21-18(24)14-23-11-4-2-3-5-12-23;/h6-9,17H,2-5,10-14,20H2,1H3,(H,21,24)(H,22,25);1H/t17-;/m0./s1. The smallest absolute Gasteiger partial charge is 0.241 e. The summed E-state index contributed by atoms with van der Waals surface area (Å²) in [6, 6.07) is 6.64. The summed E-state index contributed by atoms with van der Waals surface area (Å²) < 4.78 is 0. The van der Waals surface area contributed by atoms with Crippen LogP contribution < -0.4 is 16.4 Å². The Hall–Kier alpha value is -1.28. The molecule has 0 aliphatic carbocycles. The first-order valence-electron chi connectivity index (χ1n) is 9.26. The Labute approximate surface area is 172 Å². The summed E-state index contributed by atoms with van der Waals surface area (Å²) in [4.78, 5) is 26.4. The third kappa shape index (κ3) is 8.97. The van der Waals surface area contributed by atoms with Crippen LogP contribution in [0.2, 0.25) is 0 Å².